The quantitative estimate of drug-likeness (QED) is 0.586. The minimum Gasteiger partial charge on any atom is -0.296 e. The van der Waals surface area contributed by atoms with E-state index in [-0.39, 0.29) is 15.6 Å². The van der Waals surface area contributed by atoms with E-state index in [2.05, 4.69) is 33.2 Å². The van der Waals surface area contributed by atoms with Crippen LogP contribution < -0.4 is 5.48 Å². The van der Waals surface area contributed by atoms with E-state index < -0.39 is 0 Å². The molecule has 4 heteroatoms. The van der Waals surface area contributed by atoms with Crippen LogP contribution in [0.3, 0.4) is 0 Å². The Morgan fingerprint density at radius 2 is 1.36 bits per heavy atom. The molecule has 1 rings (SSSR count). The van der Waals surface area contributed by atoms with E-state index in [0.717, 1.165) is 0 Å². The molecule has 86 valence electrons. The molecule has 1 saturated heterocycles. The maximum Gasteiger partial charge on any atom is 0.109 e. The molecule has 0 bridgehead atoms. The second kappa shape index (κ2) is 5.64. The van der Waals surface area contributed by atoms with Gasteiger partial charge in [0.15, 0.2) is 0 Å². The summed E-state index contributed by atoms with van der Waals surface area (Å²) in [7, 11) is 5.63. The Morgan fingerprint density at radius 1 is 1.00 bits per heavy atom. The van der Waals surface area contributed by atoms with Gasteiger partial charge in [0.2, 0.25) is 0 Å². The third kappa shape index (κ3) is 3.33. The fourth-order valence-corrected chi connectivity index (χ4v) is 4.72. The van der Waals surface area contributed by atoms with Crippen LogP contribution in [-0.4, -0.2) is 22.6 Å². The molecule has 0 unspecified atom stereocenters. The summed E-state index contributed by atoms with van der Waals surface area (Å²) in [6.07, 6.45) is 0.255. The van der Waals surface area contributed by atoms with Crippen LogP contribution >= 0.6 is 21.6 Å². The highest BCUT2D eigenvalue weighted by Crippen LogP contribution is 2.57. The number of nitrogens with one attached hydrogen (secondary N) is 1. The molecule has 0 spiro atoms. The summed E-state index contributed by atoms with van der Waals surface area (Å²) in [5.74, 6) is 0. The Kier molecular flexibility index (Phi) is 5.88. The van der Waals surface area contributed by atoms with Gasteiger partial charge in [-0.1, -0.05) is 35.4 Å². The van der Waals surface area contributed by atoms with Crippen LogP contribution in [0.2, 0.25) is 0 Å². The molecule has 0 radical (unpaired) electrons. The summed E-state index contributed by atoms with van der Waals surface area (Å²) in [4.78, 5) is 5.54. The monoisotopic (exact) mass is 237 g/mol. The van der Waals surface area contributed by atoms with Crippen LogP contribution in [0.15, 0.2) is 0 Å². The first-order valence-electron chi connectivity index (χ1n) is 5.09. The van der Waals surface area contributed by atoms with E-state index in [1.165, 1.54) is 0 Å². The molecule has 0 saturated carbocycles. The number of hydrogen-bond donors (Lipinski definition) is 1. The number of rotatable bonds is 2. The highest BCUT2D eigenvalue weighted by atomic mass is 33.1. The molecule has 0 aromatic heterocycles. The second-order valence-electron chi connectivity index (χ2n) is 4.08. The van der Waals surface area contributed by atoms with E-state index in [9.17, 15) is 0 Å². The molecular weight excluding hydrogens is 214 g/mol. The van der Waals surface area contributed by atoms with Crippen LogP contribution in [0, 0.1) is 0 Å². The predicted octanol–water partition coefficient (Wildman–Crippen LogP) is 3.48. The van der Waals surface area contributed by atoms with Crippen LogP contribution in [-0.2, 0) is 4.84 Å². The standard InChI is InChI=1S/C8H17NOS2.C2H6/c1-7(2)6(10-9-5)8(3,4)12-11-7;1-2/h6,9H,1-5H3;1-2H3. The summed E-state index contributed by atoms with van der Waals surface area (Å²) in [5.41, 5.74) is 2.79. The van der Waals surface area contributed by atoms with Crippen LogP contribution in [0.5, 0.6) is 0 Å². The zero-order chi connectivity index (χ0) is 11.4. The summed E-state index contributed by atoms with van der Waals surface area (Å²) < 4.78 is 0.383. The summed E-state index contributed by atoms with van der Waals surface area (Å²) in [6.45, 7) is 12.9. The van der Waals surface area contributed by atoms with Crippen molar-refractivity contribution in [3.05, 3.63) is 0 Å². The first-order chi connectivity index (χ1) is 6.40. The van der Waals surface area contributed by atoms with Gasteiger partial charge in [0.05, 0.1) is 9.49 Å². The van der Waals surface area contributed by atoms with E-state index in [1.807, 2.05) is 42.5 Å². The van der Waals surface area contributed by atoms with Gasteiger partial charge in [-0.3, -0.25) is 4.84 Å². The van der Waals surface area contributed by atoms with E-state index in [0.29, 0.717) is 0 Å². The van der Waals surface area contributed by atoms with Crippen molar-refractivity contribution in [2.45, 2.75) is 57.1 Å². The van der Waals surface area contributed by atoms with Crippen LogP contribution in [0.4, 0.5) is 0 Å². The smallest absolute Gasteiger partial charge is 0.109 e. The van der Waals surface area contributed by atoms with Gasteiger partial charge in [0.1, 0.15) is 6.10 Å². The lowest BCUT2D eigenvalue weighted by atomic mass is 9.95. The molecule has 14 heavy (non-hydrogen) atoms. The minimum absolute atomic E-state index is 0.192. The molecule has 1 aliphatic heterocycles. The lowest BCUT2D eigenvalue weighted by Crippen LogP contribution is -2.45. The highest BCUT2D eigenvalue weighted by molar-refractivity contribution is 8.78. The molecule has 1 fully saturated rings. The zero-order valence-electron chi connectivity index (χ0n) is 10.3. The molecule has 0 aliphatic carbocycles. The average molecular weight is 237 g/mol. The SMILES string of the molecule is CC.CNOC1C(C)(C)SSC1(C)C. The van der Waals surface area contributed by atoms with Gasteiger partial charge in [-0.25, -0.2) is 5.48 Å². The minimum atomic E-state index is 0.192. The lowest BCUT2D eigenvalue weighted by molar-refractivity contribution is -0.0402. The van der Waals surface area contributed by atoms with Crippen molar-refractivity contribution in [1.29, 1.82) is 0 Å². The van der Waals surface area contributed by atoms with Gasteiger partial charge in [-0.2, -0.15) is 0 Å². The van der Waals surface area contributed by atoms with Crippen molar-refractivity contribution in [3.8, 4) is 0 Å². The first kappa shape index (κ1) is 14.6. The van der Waals surface area contributed by atoms with Crippen molar-refractivity contribution < 1.29 is 4.84 Å². The van der Waals surface area contributed by atoms with Crippen molar-refractivity contribution in [2.75, 3.05) is 7.05 Å². The Bertz CT molecular complexity index is 156. The fourth-order valence-electron chi connectivity index (χ4n) is 1.54. The highest BCUT2D eigenvalue weighted by Gasteiger charge is 2.50. The van der Waals surface area contributed by atoms with E-state index in [4.69, 9.17) is 4.84 Å². The maximum absolute atomic E-state index is 5.54. The predicted molar refractivity (Wildman–Crippen MR) is 68.6 cm³/mol. The molecular formula is C10H23NOS2. The van der Waals surface area contributed by atoms with Gasteiger partial charge in [-0.15, -0.1) is 0 Å². The van der Waals surface area contributed by atoms with E-state index >= 15 is 0 Å². The van der Waals surface area contributed by atoms with Crippen molar-refractivity contribution in [1.82, 2.24) is 5.48 Å². The van der Waals surface area contributed by atoms with Crippen molar-refractivity contribution in [2.24, 2.45) is 0 Å². The van der Waals surface area contributed by atoms with Crippen LogP contribution in [0.25, 0.3) is 0 Å². The Balaban J connectivity index is 0.000000791. The Morgan fingerprint density at radius 3 is 1.64 bits per heavy atom. The van der Waals surface area contributed by atoms with Crippen molar-refractivity contribution in [3.63, 3.8) is 0 Å². The van der Waals surface area contributed by atoms with Crippen molar-refractivity contribution >= 4 is 21.6 Å². The molecule has 1 aliphatic rings. The fraction of sp³-hybridized carbons (Fsp3) is 1.00. The number of hydroxylamine groups is 1. The molecule has 0 amide bonds. The normalized spacial score (nSPS) is 24.2. The summed E-state index contributed by atoms with van der Waals surface area (Å²) in [6, 6.07) is 0. The summed E-state index contributed by atoms with van der Waals surface area (Å²) >= 11 is 0. The van der Waals surface area contributed by atoms with Gasteiger partial charge in [0, 0.05) is 7.05 Å². The lowest BCUT2D eigenvalue weighted by Gasteiger charge is -2.31. The largest absolute Gasteiger partial charge is 0.296 e. The molecule has 0 aromatic rings. The zero-order valence-corrected chi connectivity index (χ0v) is 11.9. The van der Waals surface area contributed by atoms with Crippen LogP contribution in [0.1, 0.15) is 41.5 Å². The third-order valence-corrected chi connectivity index (χ3v) is 6.17. The number of hydrogen-bond acceptors (Lipinski definition) is 4. The second-order valence-corrected chi connectivity index (χ2v) is 7.51. The third-order valence-electron chi connectivity index (χ3n) is 1.97. The van der Waals surface area contributed by atoms with E-state index in [1.54, 1.807) is 0 Å². The summed E-state index contributed by atoms with van der Waals surface area (Å²) in [5, 5.41) is 0. The maximum atomic E-state index is 5.54. The topological polar surface area (TPSA) is 21.3 Å². The van der Waals surface area contributed by atoms with Gasteiger partial charge in [0.25, 0.3) is 0 Å². The molecule has 2 nitrogen and oxygen atoms in total. The molecule has 0 aromatic carbocycles. The van der Waals surface area contributed by atoms with Gasteiger partial charge >= 0.3 is 0 Å². The first-order valence-corrected chi connectivity index (χ1v) is 7.24. The molecule has 0 atom stereocenters. The van der Waals surface area contributed by atoms with Gasteiger partial charge in [-0.05, 0) is 27.7 Å². The van der Waals surface area contributed by atoms with Gasteiger partial charge < -0.3 is 0 Å². The molecule has 1 N–H and O–H groups in total. The Hall–Kier alpha value is 0.620. The Labute approximate surface area is 96.3 Å². The molecule has 1 heterocycles. The average Bonchev–Trinajstić information content (AvgIpc) is 2.32.